The summed E-state index contributed by atoms with van der Waals surface area (Å²) in [4.78, 5) is 24.8. The topological polar surface area (TPSA) is 88.7 Å². The number of benzene rings is 2. The lowest BCUT2D eigenvalue weighted by atomic mass is 10.1. The summed E-state index contributed by atoms with van der Waals surface area (Å²) >= 11 is 0. The highest BCUT2D eigenvalue weighted by atomic mass is 19.1. The maximum atomic E-state index is 12.9. The number of methoxy groups -OCH3 is 2. The van der Waals surface area contributed by atoms with Crippen molar-refractivity contribution in [3.8, 4) is 11.5 Å². The minimum absolute atomic E-state index is 0.224. The Balaban J connectivity index is 1.95. The summed E-state index contributed by atoms with van der Waals surface area (Å²) in [5.41, 5.74) is 1.28. The minimum Gasteiger partial charge on any atom is -0.493 e. The molecule has 0 bridgehead atoms. The number of hydrogen-bond acceptors (Lipinski definition) is 4. The van der Waals surface area contributed by atoms with E-state index in [0.717, 1.165) is 5.56 Å². The highest BCUT2D eigenvalue weighted by molar-refractivity contribution is 5.97. The molecule has 7 nitrogen and oxygen atoms in total. The summed E-state index contributed by atoms with van der Waals surface area (Å²) in [7, 11) is 3.04. The summed E-state index contributed by atoms with van der Waals surface area (Å²) < 4.78 is 23.4. The van der Waals surface area contributed by atoms with E-state index in [1.807, 2.05) is 6.92 Å². The van der Waals surface area contributed by atoms with Gasteiger partial charge < -0.3 is 25.4 Å². The monoisotopic (exact) mass is 403 g/mol. The van der Waals surface area contributed by atoms with Crippen LogP contribution < -0.4 is 25.4 Å². The number of rotatable bonds is 9. The van der Waals surface area contributed by atoms with Crippen LogP contribution in [0.1, 0.15) is 25.3 Å². The fourth-order valence-electron chi connectivity index (χ4n) is 2.69. The van der Waals surface area contributed by atoms with Crippen LogP contribution in [0.5, 0.6) is 11.5 Å². The largest absolute Gasteiger partial charge is 0.493 e. The molecule has 3 N–H and O–H groups in total. The normalized spacial score (nSPS) is 11.3. The molecule has 0 aliphatic rings. The van der Waals surface area contributed by atoms with Gasteiger partial charge in [0.1, 0.15) is 11.9 Å². The van der Waals surface area contributed by atoms with Crippen LogP contribution in [0, 0.1) is 5.82 Å². The van der Waals surface area contributed by atoms with Crippen LogP contribution in [0.15, 0.2) is 42.5 Å². The molecule has 1 atom stereocenters. The van der Waals surface area contributed by atoms with Gasteiger partial charge in [-0.3, -0.25) is 4.79 Å². The summed E-state index contributed by atoms with van der Waals surface area (Å²) in [5, 5.41) is 8.13. The fourth-order valence-corrected chi connectivity index (χ4v) is 2.69. The van der Waals surface area contributed by atoms with Crippen molar-refractivity contribution in [1.29, 1.82) is 0 Å². The lowest BCUT2D eigenvalue weighted by Crippen LogP contribution is -2.47. The Kier molecular flexibility index (Phi) is 8.27. The molecule has 0 spiro atoms. The summed E-state index contributed by atoms with van der Waals surface area (Å²) in [5.74, 6) is 0.361. The van der Waals surface area contributed by atoms with E-state index in [9.17, 15) is 14.0 Å². The van der Waals surface area contributed by atoms with Crippen molar-refractivity contribution in [2.45, 2.75) is 32.4 Å². The SMILES string of the molecule is CCCC(NC(=O)NCc1ccc(F)cc1)C(=O)Nc1ccc(OC)c(OC)c1. The minimum atomic E-state index is -0.707. The molecule has 29 heavy (non-hydrogen) atoms. The number of carbonyl (C=O) groups excluding carboxylic acids is 2. The Morgan fingerprint density at radius 3 is 2.34 bits per heavy atom. The molecule has 156 valence electrons. The van der Waals surface area contributed by atoms with E-state index in [1.54, 1.807) is 30.3 Å². The molecule has 0 fully saturated rings. The smallest absolute Gasteiger partial charge is 0.315 e. The number of halogens is 1. The molecule has 0 aliphatic heterocycles. The number of amides is 3. The molecule has 0 aromatic heterocycles. The van der Waals surface area contributed by atoms with E-state index in [0.29, 0.717) is 30.0 Å². The van der Waals surface area contributed by atoms with Crippen molar-refractivity contribution < 1.29 is 23.5 Å². The van der Waals surface area contributed by atoms with Crippen LogP contribution in [0.4, 0.5) is 14.9 Å². The molecule has 0 heterocycles. The average Bonchev–Trinajstić information content (AvgIpc) is 2.72. The predicted molar refractivity (Wildman–Crippen MR) is 109 cm³/mol. The van der Waals surface area contributed by atoms with Gasteiger partial charge in [-0.25, -0.2) is 9.18 Å². The molecule has 0 saturated carbocycles. The van der Waals surface area contributed by atoms with Crippen molar-refractivity contribution in [2.75, 3.05) is 19.5 Å². The predicted octanol–water partition coefficient (Wildman–Crippen LogP) is 3.45. The lowest BCUT2D eigenvalue weighted by Gasteiger charge is -2.19. The highest BCUT2D eigenvalue weighted by Crippen LogP contribution is 2.29. The molecular formula is C21H26FN3O4. The van der Waals surface area contributed by atoms with Gasteiger partial charge in [-0.2, -0.15) is 0 Å². The third kappa shape index (κ3) is 6.67. The average molecular weight is 403 g/mol. The standard InChI is InChI=1S/C21H26FN3O4/c1-4-5-17(25-21(27)23-13-14-6-8-15(22)9-7-14)20(26)24-16-10-11-18(28-2)19(12-16)29-3/h6-12,17H,4-5,13H2,1-3H3,(H,24,26)(H2,23,25,27). The van der Waals surface area contributed by atoms with E-state index in [-0.39, 0.29) is 18.3 Å². The maximum Gasteiger partial charge on any atom is 0.315 e. The Bertz CT molecular complexity index is 827. The van der Waals surface area contributed by atoms with Gasteiger partial charge in [-0.1, -0.05) is 25.5 Å². The molecule has 2 aromatic rings. The molecule has 0 aliphatic carbocycles. The first-order valence-electron chi connectivity index (χ1n) is 9.28. The van der Waals surface area contributed by atoms with Crippen molar-refractivity contribution in [3.05, 3.63) is 53.8 Å². The molecule has 0 saturated heterocycles. The maximum absolute atomic E-state index is 12.9. The van der Waals surface area contributed by atoms with Gasteiger partial charge in [0.05, 0.1) is 14.2 Å². The zero-order valence-electron chi connectivity index (χ0n) is 16.8. The van der Waals surface area contributed by atoms with E-state index < -0.39 is 12.1 Å². The third-order valence-corrected chi connectivity index (χ3v) is 4.22. The van der Waals surface area contributed by atoms with Crippen molar-refractivity contribution in [3.63, 3.8) is 0 Å². The van der Waals surface area contributed by atoms with Crippen molar-refractivity contribution in [1.82, 2.24) is 10.6 Å². The number of ether oxygens (including phenoxy) is 2. The number of hydrogen-bond donors (Lipinski definition) is 3. The van der Waals surface area contributed by atoms with Crippen LogP contribution in [0.3, 0.4) is 0 Å². The van der Waals surface area contributed by atoms with Gasteiger partial charge in [0.2, 0.25) is 5.91 Å². The Morgan fingerprint density at radius 1 is 1.03 bits per heavy atom. The van der Waals surface area contributed by atoms with E-state index >= 15 is 0 Å². The van der Waals surface area contributed by atoms with E-state index in [2.05, 4.69) is 16.0 Å². The van der Waals surface area contributed by atoms with E-state index in [1.165, 1.54) is 26.4 Å². The number of anilines is 1. The van der Waals surface area contributed by atoms with Crippen LogP contribution >= 0.6 is 0 Å². The van der Waals surface area contributed by atoms with E-state index in [4.69, 9.17) is 9.47 Å². The zero-order chi connectivity index (χ0) is 21.2. The van der Waals surface area contributed by atoms with Crippen LogP contribution in [0.25, 0.3) is 0 Å². The van der Waals surface area contributed by atoms with Crippen LogP contribution in [-0.2, 0) is 11.3 Å². The molecule has 2 aromatic carbocycles. The number of urea groups is 1. The number of carbonyl (C=O) groups is 2. The molecule has 8 heteroatoms. The van der Waals surface area contributed by atoms with Gasteiger partial charge in [0.25, 0.3) is 0 Å². The van der Waals surface area contributed by atoms with Gasteiger partial charge in [0, 0.05) is 18.3 Å². The van der Waals surface area contributed by atoms with Crippen LogP contribution in [-0.4, -0.2) is 32.2 Å². The second-order valence-corrected chi connectivity index (χ2v) is 6.35. The Hall–Kier alpha value is -3.29. The zero-order valence-corrected chi connectivity index (χ0v) is 16.8. The first-order chi connectivity index (χ1) is 14.0. The molecule has 0 radical (unpaired) electrons. The third-order valence-electron chi connectivity index (χ3n) is 4.22. The highest BCUT2D eigenvalue weighted by Gasteiger charge is 2.20. The van der Waals surface area contributed by atoms with Gasteiger partial charge in [-0.05, 0) is 36.2 Å². The first kappa shape index (κ1) is 22.0. The fraction of sp³-hybridized carbons (Fsp3) is 0.333. The van der Waals surface area contributed by atoms with Crippen molar-refractivity contribution >= 4 is 17.6 Å². The molecule has 1 unspecified atom stereocenters. The molecule has 3 amide bonds. The quantitative estimate of drug-likeness (QED) is 0.598. The number of nitrogens with one attached hydrogen (secondary N) is 3. The van der Waals surface area contributed by atoms with Crippen LogP contribution in [0.2, 0.25) is 0 Å². The van der Waals surface area contributed by atoms with Crippen molar-refractivity contribution in [2.24, 2.45) is 0 Å². The summed E-state index contributed by atoms with van der Waals surface area (Å²) in [6.07, 6.45) is 1.19. The van der Waals surface area contributed by atoms with Gasteiger partial charge >= 0.3 is 6.03 Å². The second kappa shape index (κ2) is 10.9. The first-order valence-corrected chi connectivity index (χ1v) is 9.28. The summed E-state index contributed by atoms with van der Waals surface area (Å²) in [6, 6.07) is 9.66. The van der Waals surface area contributed by atoms with Gasteiger partial charge in [0.15, 0.2) is 11.5 Å². The second-order valence-electron chi connectivity index (χ2n) is 6.35. The molecule has 2 rings (SSSR count). The summed E-state index contributed by atoms with van der Waals surface area (Å²) in [6.45, 7) is 2.15. The molecular weight excluding hydrogens is 377 g/mol. The lowest BCUT2D eigenvalue weighted by molar-refractivity contribution is -0.118. The Morgan fingerprint density at radius 2 is 1.72 bits per heavy atom. The Labute approximate surface area is 169 Å². The van der Waals surface area contributed by atoms with Gasteiger partial charge in [-0.15, -0.1) is 0 Å².